The number of aliphatic carboxylic acids is 1. The highest BCUT2D eigenvalue weighted by molar-refractivity contribution is 5.69. The number of hydrogen-bond donors (Lipinski definition) is 2. The summed E-state index contributed by atoms with van der Waals surface area (Å²) in [6, 6.07) is 2.73. The fourth-order valence-electron chi connectivity index (χ4n) is 1.56. The second kappa shape index (κ2) is 7.27. The molecule has 1 heterocycles. The van der Waals surface area contributed by atoms with Gasteiger partial charge < -0.3 is 15.2 Å². The first kappa shape index (κ1) is 15.7. The molecule has 0 aliphatic rings. The number of ether oxygens (including phenoxy) is 1. The van der Waals surface area contributed by atoms with Gasteiger partial charge in [0, 0.05) is 18.7 Å². The average molecular weight is 283 g/mol. The van der Waals surface area contributed by atoms with Crippen molar-refractivity contribution in [1.82, 2.24) is 4.98 Å². The Morgan fingerprint density at radius 3 is 2.85 bits per heavy atom. The molecule has 0 saturated heterocycles. The second-order valence-corrected chi connectivity index (χ2v) is 4.29. The number of nitrogens with zero attached hydrogens (tertiary/aromatic N) is 2. The van der Waals surface area contributed by atoms with E-state index in [9.17, 15) is 14.9 Å². The number of carboxylic acid groups (broad SMARTS) is 1. The smallest absolute Gasteiger partial charge is 0.311 e. The molecule has 0 spiro atoms. The Bertz CT molecular complexity index is 492. The molecule has 8 heteroatoms. The van der Waals surface area contributed by atoms with Gasteiger partial charge in [-0.3, -0.25) is 14.9 Å². The van der Waals surface area contributed by atoms with Gasteiger partial charge in [-0.2, -0.15) is 4.98 Å². The van der Waals surface area contributed by atoms with Crippen LogP contribution in [0.3, 0.4) is 0 Å². The van der Waals surface area contributed by atoms with E-state index in [1.807, 2.05) is 0 Å². The van der Waals surface area contributed by atoms with Crippen LogP contribution >= 0.6 is 0 Å². The summed E-state index contributed by atoms with van der Waals surface area (Å²) in [7, 11) is 1.42. The van der Waals surface area contributed by atoms with E-state index in [0.29, 0.717) is 19.4 Å². The summed E-state index contributed by atoms with van der Waals surface area (Å²) in [6.45, 7) is 2.02. The molecule has 1 rings (SSSR count). The van der Waals surface area contributed by atoms with Gasteiger partial charge in [0.2, 0.25) is 11.7 Å². The minimum atomic E-state index is -0.851. The number of hydrogen-bond acceptors (Lipinski definition) is 6. The molecule has 20 heavy (non-hydrogen) atoms. The molecular weight excluding hydrogens is 266 g/mol. The maximum Gasteiger partial charge on any atom is 0.311 e. The van der Waals surface area contributed by atoms with E-state index < -0.39 is 16.8 Å². The van der Waals surface area contributed by atoms with Gasteiger partial charge in [-0.15, -0.1) is 0 Å². The lowest BCUT2D eigenvalue weighted by Gasteiger charge is -2.09. The zero-order valence-electron chi connectivity index (χ0n) is 11.3. The standard InChI is InChI=1S/C12H17N3O5/c1-8(12(16)17)4-3-7-13-11-9(15(18)19)5-6-10(14-11)20-2/h5-6,8H,3-4,7H2,1-2H3,(H,13,14)(H,16,17). The van der Waals surface area contributed by atoms with Gasteiger partial charge >= 0.3 is 11.7 Å². The van der Waals surface area contributed by atoms with E-state index in [4.69, 9.17) is 9.84 Å². The number of aromatic nitrogens is 1. The summed E-state index contributed by atoms with van der Waals surface area (Å²) in [6.07, 6.45) is 1.06. The molecule has 8 nitrogen and oxygen atoms in total. The predicted molar refractivity (Wildman–Crippen MR) is 72.0 cm³/mol. The molecule has 1 aromatic rings. The number of nitro groups is 1. The normalized spacial score (nSPS) is 11.7. The zero-order valence-corrected chi connectivity index (χ0v) is 11.3. The van der Waals surface area contributed by atoms with Crippen molar-refractivity contribution >= 4 is 17.5 Å². The van der Waals surface area contributed by atoms with Crippen LogP contribution in [0.2, 0.25) is 0 Å². The van der Waals surface area contributed by atoms with Crippen molar-refractivity contribution in [2.45, 2.75) is 19.8 Å². The molecule has 0 bridgehead atoms. The first-order chi connectivity index (χ1) is 9.45. The first-order valence-corrected chi connectivity index (χ1v) is 6.11. The Labute approximate surface area is 115 Å². The summed E-state index contributed by atoms with van der Waals surface area (Å²) >= 11 is 0. The van der Waals surface area contributed by atoms with Crippen molar-refractivity contribution in [2.75, 3.05) is 19.0 Å². The Balaban J connectivity index is 2.62. The van der Waals surface area contributed by atoms with Gasteiger partial charge in [0.15, 0.2) is 0 Å². The quantitative estimate of drug-likeness (QED) is 0.425. The van der Waals surface area contributed by atoms with E-state index in [2.05, 4.69) is 10.3 Å². The maximum absolute atomic E-state index is 10.9. The SMILES string of the molecule is COc1ccc([N+](=O)[O-])c(NCCCC(C)C(=O)O)n1. The minimum absolute atomic E-state index is 0.123. The third-order valence-corrected chi connectivity index (χ3v) is 2.78. The summed E-state index contributed by atoms with van der Waals surface area (Å²) in [5.41, 5.74) is -0.142. The van der Waals surface area contributed by atoms with Crippen molar-refractivity contribution in [3.8, 4) is 5.88 Å². The van der Waals surface area contributed by atoms with Crippen LogP contribution < -0.4 is 10.1 Å². The largest absolute Gasteiger partial charge is 0.481 e. The molecule has 0 aliphatic carbocycles. The van der Waals surface area contributed by atoms with Crippen LogP contribution in [0.1, 0.15) is 19.8 Å². The van der Waals surface area contributed by atoms with E-state index in [1.54, 1.807) is 6.92 Å². The summed E-state index contributed by atoms with van der Waals surface area (Å²) < 4.78 is 4.91. The fourth-order valence-corrected chi connectivity index (χ4v) is 1.56. The third kappa shape index (κ3) is 4.38. The topological polar surface area (TPSA) is 115 Å². The average Bonchev–Trinajstić information content (AvgIpc) is 2.42. The van der Waals surface area contributed by atoms with Crippen LogP contribution in [0.5, 0.6) is 5.88 Å². The Hall–Kier alpha value is -2.38. The molecule has 0 radical (unpaired) electrons. The van der Waals surface area contributed by atoms with Crippen LogP contribution in [0.25, 0.3) is 0 Å². The van der Waals surface area contributed by atoms with Crippen molar-refractivity contribution in [3.63, 3.8) is 0 Å². The molecule has 0 amide bonds. The number of methoxy groups -OCH3 is 1. The molecule has 0 aliphatic heterocycles. The Morgan fingerprint density at radius 2 is 2.30 bits per heavy atom. The van der Waals surface area contributed by atoms with Gasteiger partial charge in [0.1, 0.15) is 0 Å². The fraction of sp³-hybridized carbons (Fsp3) is 0.500. The zero-order chi connectivity index (χ0) is 15.1. The summed E-state index contributed by atoms with van der Waals surface area (Å²) in [5, 5.41) is 22.4. The molecule has 0 saturated carbocycles. The summed E-state index contributed by atoms with van der Waals surface area (Å²) in [5.74, 6) is -0.894. The van der Waals surface area contributed by atoms with Gasteiger partial charge in [-0.25, -0.2) is 0 Å². The van der Waals surface area contributed by atoms with Crippen LogP contribution in [0.15, 0.2) is 12.1 Å². The number of carboxylic acids is 1. The monoisotopic (exact) mass is 283 g/mol. The molecule has 0 fully saturated rings. The molecule has 1 aromatic heterocycles. The number of rotatable bonds is 8. The van der Waals surface area contributed by atoms with Crippen LogP contribution in [-0.2, 0) is 4.79 Å². The van der Waals surface area contributed by atoms with E-state index in [-0.39, 0.29) is 17.4 Å². The Morgan fingerprint density at radius 1 is 1.60 bits per heavy atom. The van der Waals surface area contributed by atoms with Crippen LogP contribution in [0, 0.1) is 16.0 Å². The number of anilines is 1. The number of carbonyl (C=O) groups is 1. The van der Waals surface area contributed by atoms with Crippen molar-refractivity contribution in [3.05, 3.63) is 22.2 Å². The lowest BCUT2D eigenvalue weighted by molar-refractivity contribution is -0.384. The van der Waals surface area contributed by atoms with E-state index >= 15 is 0 Å². The van der Waals surface area contributed by atoms with E-state index in [1.165, 1.54) is 19.2 Å². The van der Waals surface area contributed by atoms with E-state index in [0.717, 1.165) is 0 Å². The third-order valence-electron chi connectivity index (χ3n) is 2.78. The highest BCUT2D eigenvalue weighted by atomic mass is 16.6. The van der Waals surface area contributed by atoms with Crippen LogP contribution in [0.4, 0.5) is 11.5 Å². The van der Waals surface area contributed by atoms with Gasteiger partial charge in [-0.1, -0.05) is 6.92 Å². The van der Waals surface area contributed by atoms with Gasteiger partial charge in [0.25, 0.3) is 0 Å². The molecule has 0 aromatic carbocycles. The highest BCUT2D eigenvalue weighted by Crippen LogP contribution is 2.24. The molecule has 1 atom stereocenters. The Kier molecular flexibility index (Phi) is 5.70. The molecule has 110 valence electrons. The van der Waals surface area contributed by atoms with Crippen molar-refractivity contribution in [1.29, 1.82) is 0 Å². The van der Waals surface area contributed by atoms with Gasteiger partial charge in [-0.05, 0) is 12.8 Å². The van der Waals surface area contributed by atoms with Crippen LogP contribution in [-0.4, -0.2) is 34.6 Å². The number of pyridine rings is 1. The highest BCUT2D eigenvalue weighted by Gasteiger charge is 2.16. The molecular formula is C12H17N3O5. The van der Waals surface area contributed by atoms with Crippen molar-refractivity contribution in [2.24, 2.45) is 5.92 Å². The predicted octanol–water partition coefficient (Wildman–Crippen LogP) is 1.91. The minimum Gasteiger partial charge on any atom is -0.481 e. The first-order valence-electron chi connectivity index (χ1n) is 6.11. The maximum atomic E-state index is 10.9. The number of nitrogens with one attached hydrogen (secondary N) is 1. The lowest BCUT2D eigenvalue weighted by Crippen LogP contribution is -2.12. The molecule has 2 N–H and O–H groups in total. The molecule has 1 unspecified atom stereocenters. The summed E-state index contributed by atoms with van der Waals surface area (Å²) in [4.78, 5) is 25.0. The van der Waals surface area contributed by atoms with Crippen molar-refractivity contribution < 1.29 is 19.6 Å². The second-order valence-electron chi connectivity index (χ2n) is 4.29. The van der Waals surface area contributed by atoms with Gasteiger partial charge in [0.05, 0.1) is 18.0 Å². The lowest BCUT2D eigenvalue weighted by atomic mass is 10.1.